The van der Waals surface area contributed by atoms with Gasteiger partial charge >= 0.3 is 0 Å². The van der Waals surface area contributed by atoms with E-state index in [-0.39, 0.29) is 29.6 Å². The van der Waals surface area contributed by atoms with E-state index in [0.29, 0.717) is 13.2 Å². The first-order valence-electron chi connectivity index (χ1n) is 8.99. The lowest BCUT2D eigenvalue weighted by Crippen LogP contribution is -2.45. The molecule has 0 saturated carbocycles. The maximum Gasteiger partial charge on any atom is 0.193 e. The maximum atomic E-state index is 5.77. The molecule has 0 aromatic heterocycles. The number of ether oxygens (including phenoxy) is 3. The predicted molar refractivity (Wildman–Crippen MR) is 116 cm³/mol. The van der Waals surface area contributed by atoms with Crippen LogP contribution in [0.2, 0.25) is 0 Å². The standard InChI is InChI=1S/C19H31N3O3.HI/c1-4-20-18(21-16-19(23-3)10-13-24-14-11-19)22(2)12-15-25-17-8-6-5-7-9-17;/h5-9H,4,10-16H2,1-3H3,(H,20,21);1H. The Labute approximate surface area is 174 Å². The number of methoxy groups -OCH3 is 1. The molecule has 148 valence electrons. The third-order valence-electron chi connectivity index (χ3n) is 4.49. The van der Waals surface area contributed by atoms with Crippen molar-refractivity contribution in [3.63, 3.8) is 0 Å². The van der Waals surface area contributed by atoms with Gasteiger partial charge in [-0.1, -0.05) is 18.2 Å². The molecule has 0 bridgehead atoms. The van der Waals surface area contributed by atoms with Crippen LogP contribution < -0.4 is 10.1 Å². The molecule has 0 unspecified atom stereocenters. The highest BCUT2D eigenvalue weighted by Crippen LogP contribution is 2.24. The maximum absolute atomic E-state index is 5.77. The average molecular weight is 477 g/mol. The fourth-order valence-electron chi connectivity index (χ4n) is 2.78. The van der Waals surface area contributed by atoms with Gasteiger partial charge in [0.2, 0.25) is 0 Å². The molecule has 1 aromatic carbocycles. The number of guanidine groups is 1. The predicted octanol–water partition coefficient (Wildman–Crippen LogP) is 2.78. The number of likely N-dealkylation sites (N-methyl/N-ethyl adjacent to an activating group) is 1. The van der Waals surface area contributed by atoms with Crippen molar-refractivity contribution in [3.05, 3.63) is 30.3 Å². The van der Waals surface area contributed by atoms with Crippen molar-refractivity contribution in [3.8, 4) is 5.75 Å². The molecule has 0 atom stereocenters. The second-order valence-electron chi connectivity index (χ2n) is 6.25. The zero-order valence-electron chi connectivity index (χ0n) is 16.1. The lowest BCUT2D eigenvalue weighted by atomic mass is 9.94. The molecule has 26 heavy (non-hydrogen) atoms. The zero-order valence-corrected chi connectivity index (χ0v) is 18.4. The SMILES string of the molecule is CCNC(=NCC1(OC)CCOCC1)N(C)CCOc1ccccc1.I. The highest BCUT2D eigenvalue weighted by atomic mass is 127. The fraction of sp³-hybridized carbons (Fsp3) is 0.632. The summed E-state index contributed by atoms with van der Waals surface area (Å²) in [7, 11) is 3.80. The van der Waals surface area contributed by atoms with Crippen molar-refractivity contribution < 1.29 is 14.2 Å². The Balaban J connectivity index is 0.00000338. The van der Waals surface area contributed by atoms with Gasteiger partial charge in [-0.2, -0.15) is 0 Å². The first-order chi connectivity index (χ1) is 12.2. The minimum Gasteiger partial charge on any atom is -0.492 e. The van der Waals surface area contributed by atoms with E-state index in [0.717, 1.165) is 50.9 Å². The fourth-order valence-corrected chi connectivity index (χ4v) is 2.78. The van der Waals surface area contributed by atoms with Gasteiger partial charge in [-0.15, -0.1) is 24.0 Å². The molecule has 2 rings (SSSR count). The van der Waals surface area contributed by atoms with E-state index in [1.807, 2.05) is 37.4 Å². The molecule has 1 N–H and O–H groups in total. The minimum atomic E-state index is -0.208. The Bertz CT molecular complexity index is 522. The molecule has 1 saturated heterocycles. The Morgan fingerprint density at radius 2 is 1.96 bits per heavy atom. The van der Waals surface area contributed by atoms with Crippen LogP contribution in [0.25, 0.3) is 0 Å². The summed E-state index contributed by atoms with van der Waals surface area (Å²) in [6.45, 7) is 6.37. The van der Waals surface area contributed by atoms with Crippen LogP contribution in [0.4, 0.5) is 0 Å². The first kappa shape index (κ1) is 23.0. The second kappa shape index (κ2) is 12.3. The number of benzene rings is 1. The van der Waals surface area contributed by atoms with E-state index in [9.17, 15) is 0 Å². The van der Waals surface area contributed by atoms with Gasteiger partial charge < -0.3 is 24.4 Å². The molecule has 0 amide bonds. The Morgan fingerprint density at radius 3 is 2.58 bits per heavy atom. The average Bonchev–Trinajstić information content (AvgIpc) is 2.66. The summed E-state index contributed by atoms with van der Waals surface area (Å²) < 4.78 is 17.0. The van der Waals surface area contributed by atoms with E-state index in [2.05, 4.69) is 17.1 Å². The summed E-state index contributed by atoms with van der Waals surface area (Å²) in [5.41, 5.74) is -0.208. The van der Waals surface area contributed by atoms with Gasteiger partial charge in [0.05, 0.1) is 18.7 Å². The first-order valence-corrected chi connectivity index (χ1v) is 8.99. The molecule has 7 heteroatoms. The van der Waals surface area contributed by atoms with E-state index < -0.39 is 0 Å². The van der Waals surface area contributed by atoms with Gasteiger partial charge in [-0.05, 0) is 19.1 Å². The van der Waals surface area contributed by atoms with Gasteiger partial charge in [-0.25, -0.2) is 0 Å². The molecule has 0 aliphatic carbocycles. The normalized spacial score (nSPS) is 16.5. The Kier molecular flexibility index (Phi) is 10.9. The third kappa shape index (κ3) is 7.28. The molecule has 1 fully saturated rings. The smallest absolute Gasteiger partial charge is 0.193 e. The van der Waals surface area contributed by atoms with E-state index in [4.69, 9.17) is 19.2 Å². The molecule has 1 aliphatic heterocycles. The van der Waals surface area contributed by atoms with Crippen molar-refractivity contribution in [1.29, 1.82) is 0 Å². The Hall–Kier alpha value is -1.06. The van der Waals surface area contributed by atoms with Crippen LogP contribution in [0.3, 0.4) is 0 Å². The number of hydrogen-bond donors (Lipinski definition) is 1. The largest absolute Gasteiger partial charge is 0.492 e. The van der Waals surface area contributed by atoms with Crippen molar-refractivity contribution in [1.82, 2.24) is 10.2 Å². The third-order valence-corrected chi connectivity index (χ3v) is 4.49. The number of rotatable bonds is 8. The monoisotopic (exact) mass is 477 g/mol. The quantitative estimate of drug-likeness (QED) is 0.355. The summed E-state index contributed by atoms with van der Waals surface area (Å²) in [5.74, 6) is 1.76. The van der Waals surface area contributed by atoms with Gasteiger partial charge in [0.25, 0.3) is 0 Å². The summed E-state index contributed by atoms with van der Waals surface area (Å²) in [4.78, 5) is 6.89. The van der Waals surface area contributed by atoms with Gasteiger partial charge in [-0.3, -0.25) is 4.99 Å². The lowest BCUT2D eigenvalue weighted by molar-refractivity contribution is -0.0829. The van der Waals surface area contributed by atoms with E-state index in [1.54, 1.807) is 7.11 Å². The van der Waals surface area contributed by atoms with Gasteiger partial charge in [0, 0.05) is 46.8 Å². The molecular weight excluding hydrogens is 445 g/mol. The number of nitrogens with zero attached hydrogens (tertiary/aromatic N) is 2. The van der Waals surface area contributed by atoms with Crippen molar-refractivity contribution >= 4 is 29.9 Å². The van der Waals surface area contributed by atoms with Crippen LogP contribution in [0.15, 0.2) is 35.3 Å². The van der Waals surface area contributed by atoms with Crippen molar-refractivity contribution in [2.45, 2.75) is 25.4 Å². The number of para-hydroxylation sites is 1. The molecule has 1 heterocycles. The molecule has 0 radical (unpaired) electrons. The highest BCUT2D eigenvalue weighted by Gasteiger charge is 2.32. The van der Waals surface area contributed by atoms with Crippen LogP contribution in [-0.2, 0) is 9.47 Å². The van der Waals surface area contributed by atoms with Crippen LogP contribution in [0, 0.1) is 0 Å². The van der Waals surface area contributed by atoms with Crippen LogP contribution in [0.5, 0.6) is 5.75 Å². The van der Waals surface area contributed by atoms with Gasteiger partial charge in [0.1, 0.15) is 12.4 Å². The number of hydrogen-bond acceptors (Lipinski definition) is 4. The van der Waals surface area contributed by atoms with Crippen LogP contribution in [-0.4, -0.2) is 70.1 Å². The lowest BCUT2D eigenvalue weighted by Gasteiger charge is -2.35. The van der Waals surface area contributed by atoms with Gasteiger partial charge in [0.15, 0.2) is 5.96 Å². The molecular formula is C19H32IN3O3. The van der Waals surface area contributed by atoms with Crippen molar-refractivity contribution in [2.75, 3.05) is 53.6 Å². The van der Waals surface area contributed by atoms with E-state index >= 15 is 0 Å². The molecule has 6 nitrogen and oxygen atoms in total. The number of nitrogens with one attached hydrogen (secondary N) is 1. The van der Waals surface area contributed by atoms with E-state index in [1.165, 1.54) is 0 Å². The highest BCUT2D eigenvalue weighted by molar-refractivity contribution is 14.0. The summed E-state index contributed by atoms with van der Waals surface area (Å²) >= 11 is 0. The minimum absolute atomic E-state index is 0. The number of aliphatic imine (C=N–C) groups is 1. The topological polar surface area (TPSA) is 55.3 Å². The second-order valence-corrected chi connectivity index (χ2v) is 6.25. The summed E-state index contributed by atoms with van der Waals surface area (Å²) in [6.07, 6.45) is 1.76. The Morgan fingerprint density at radius 1 is 1.27 bits per heavy atom. The molecule has 1 aliphatic rings. The van der Waals surface area contributed by atoms with Crippen molar-refractivity contribution in [2.24, 2.45) is 4.99 Å². The molecule has 1 aromatic rings. The van der Waals surface area contributed by atoms with Crippen LogP contribution >= 0.6 is 24.0 Å². The summed E-state index contributed by atoms with van der Waals surface area (Å²) in [6, 6.07) is 9.86. The van der Waals surface area contributed by atoms with Crippen LogP contribution in [0.1, 0.15) is 19.8 Å². The summed E-state index contributed by atoms with van der Waals surface area (Å²) in [5, 5.41) is 3.35. The zero-order chi connectivity index (χ0) is 18.0. The molecule has 0 spiro atoms. The number of halogens is 1.